The first-order valence-corrected chi connectivity index (χ1v) is 10.2. The third kappa shape index (κ3) is 3.52. The minimum absolute atomic E-state index is 0.0258. The van der Waals surface area contributed by atoms with Crippen LogP contribution in [0.5, 0.6) is 0 Å². The average Bonchev–Trinajstić information content (AvgIpc) is 3.45. The molecule has 7 heteroatoms. The van der Waals surface area contributed by atoms with E-state index >= 15 is 0 Å². The molecule has 150 valence electrons. The van der Waals surface area contributed by atoms with Gasteiger partial charge >= 0.3 is 0 Å². The Bertz CT molecular complexity index is 1160. The molecule has 1 saturated carbocycles. The standard InChI is InChI=1S/C23H21N5O2/c24-11-15-12-28(13-15)21(29)9-14-1-3-16(4-2-14)19-10-20(27-23(30)17-5-6-17)26-22-18(19)7-8-25-22/h1-4,7-8,10,15,17H,5-6,9,12-13H2,(H2,25,26,27,30). The Morgan fingerprint density at radius 3 is 2.67 bits per heavy atom. The topological polar surface area (TPSA) is 102 Å². The number of hydrogen-bond acceptors (Lipinski definition) is 4. The number of pyridine rings is 1. The van der Waals surface area contributed by atoms with Crippen molar-refractivity contribution in [3.8, 4) is 17.2 Å². The van der Waals surface area contributed by atoms with Gasteiger partial charge in [-0.15, -0.1) is 0 Å². The summed E-state index contributed by atoms with van der Waals surface area (Å²) >= 11 is 0. The third-order valence-corrected chi connectivity index (χ3v) is 5.77. The Labute approximate surface area is 173 Å². The summed E-state index contributed by atoms with van der Waals surface area (Å²) < 4.78 is 0. The smallest absolute Gasteiger partial charge is 0.228 e. The van der Waals surface area contributed by atoms with E-state index in [0.29, 0.717) is 25.3 Å². The average molecular weight is 399 g/mol. The van der Waals surface area contributed by atoms with Crippen LogP contribution in [0.4, 0.5) is 5.82 Å². The molecule has 1 aromatic carbocycles. The van der Waals surface area contributed by atoms with Crippen molar-refractivity contribution < 1.29 is 9.59 Å². The van der Waals surface area contributed by atoms with E-state index in [4.69, 9.17) is 5.26 Å². The van der Waals surface area contributed by atoms with Crippen molar-refractivity contribution in [3.63, 3.8) is 0 Å². The number of nitrogens with zero attached hydrogens (tertiary/aromatic N) is 3. The minimum Gasteiger partial charge on any atom is -0.346 e. The minimum atomic E-state index is -0.0265. The van der Waals surface area contributed by atoms with Crippen molar-refractivity contribution in [3.05, 3.63) is 48.2 Å². The predicted octanol–water partition coefficient (Wildman–Crippen LogP) is 3.10. The van der Waals surface area contributed by atoms with Crippen molar-refractivity contribution >= 4 is 28.7 Å². The van der Waals surface area contributed by atoms with Crippen molar-refractivity contribution in [1.82, 2.24) is 14.9 Å². The van der Waals surface area contributed by atoms with Gasteiger partial charge < -0.3 is 15.2 Å². The molecule has 0 bridgehead atoms. The van der Waals surface area contributed by atoms with Gasteiger partial charge in [0.25, 0.3) is 0 Å². The molecule has 1 aliphatic carbocycles. The quantitative estimate of drug-likeness (QED) is 0.688. The maximum Gasteiger partial charge on any atom is 0.228 e. The first kappa shape index (κ1) is 18.4. The Morgan fingerprint density at radius 1 is 1.20 bits per heavy atom. The lowest BCUT2D eigenvalue weighted by atomic mass is 9.99. The highest BCUT2D eigenvalue weighted by Crippen LogP contribution is 2.33. The zero-order chi connectivity index (χ0) is 20.7. The second kappa shape index (κ2) is 7.30. The molecule has 3 aromatic rings. The number of carbonyl (C=O) groups excluding carboxylic acids is 2. The number of aromatic nitrogens is 2. The largest absolute Gasteiger partial charge is 0.346 e. The second-order valence-corrected chi connectivity index (χ2v) is 8.06. The molecule has 2 amide bonds. The number of nitrogens with one attached hydrogen (secondary N) is 2. The summed E-state index contributed by atoms with van der Waals surface area (Å²) in [6.07, 6.45) is 4.05. The molecule has 2 aliphatic rings. The number of nitriles is 1. The number of carbonyl (C=O) groups is 2. The lowest BCUT2D eigenvalue weighted by Gasteiger charge is -2.35. The monoisotopic (exact) mass is 399 g/mol. The molecule has 0 atom stereocenters. The first-order chi connectivity index (χ1) is 14.6. The van der Waals surface area contributed by atoms with E-state index in [9.17, 15) is 9.59 Å². The fraction of sp³-hybridized carbons (Fsp3) is 0.304. The van der Waals surface area contributed by atoms with Crippen molar-refractivity contribution in [1.29, 1.82) is 5.26 Å². The maximum absolute atomic E-state index is 12.3. The van der Waals surface area contributed by atoms with E-state index in [1.165, 1.54) is 0 Å². The molecule has 30 heavy (non-hydrogen) atoms. The summed E-state index contributed by atoms with van der Waals surface area (Å²) in [5, 5.41) is 12.8. The molecular formula is C23H21N5O2. The molecule has 1 saturated heterocycles. The molecule has 1 aliphatic heterocycles. The van der Waals surface area contributed by atoms with Gasteiger partial charge in [0.05, 0.1) is 18.4 Å². The summed E-state index contributed by atoms with van der Waals surface area (Å²) in [6, 6.07) is 13.9. The van der Waals surface area contributed by atoms with Gasteiger partial charge in [-0.3, -0.25) is 9.59 Å². The van der Waals surface area contributed by atoms with Gasteiger partial charge in [-0.25, -0.2) is 4.98 Å². The first-order valence-electron chi connectivity index (χ1n) is 10.2. The fourth-order valence-corrected chi connectivity index (χ4v) is 3.77. The highest BCUT2D eigenvalue weighted by molar-refractivity contribution is 5.99. The van der Waals surface area contributed by atoms with Gasteiger partial charge in [-0.1, -0.05) is 24.3 Å². The Hall–Kier alpha value is -3.66. The lowest BCUT2D eigenvalue weighted by molar-refractivity contribution is -0.135. The molecule has 2 N–H and O–H groups in total. The van der Waals surface area contributed by atoms with Crippen molar-refractivity contribution in [2.45, 2.75) is 19.3 Å². The predicted molar refractivity (Wildman–Crippen MR) is 112 cm³/mol. The molecule has 0 unspecified atom stereocenters. The molecule has 7 nitrogen and oxygen atoms in total. The van der Waals surface area contributed by atoms with Crippen LogP contribution in [0.3, 0.4) is 0 Å². The second-order valence-electron chi connectivity index (χ2n) is 8.06. The SMILES string of the molecule is N#CC1CN(C(=O)Cc2ccc(-c3cc(NC(=O)C4CC4)nc4[nH]ccc34)cc2)C1. The van der Waals surface area contributed by atoms with E-state index < -0.39 is 0 Å². The lowest BCUT2D eigenvalue weighted by Crippen LogP contribution is -2.49. The number of likely N-dealkylation sites (tertiary alicyclic amines) is 1. The van der Waals surface area contributed by atoms with Gasteiger partial charge in [0.15, 0.2) is 0 Å². The Balaban J connectivity index is 1.36. The molecular weight excluding hydrogens is 378 g/mol. The normalized spacial score (nSPS) is 16.2. The van der Waals surface area contributed by atoms with Gasteiger partial charge in [-0.05, 0) is 41.7 Å². The number of benzene rings is 1. The Morgan fingerprint density at radius 2 is 1.97 bits per heavy atom. The van der Waals surface area contributed by atoms with E-state index in [1.807, 2.05) is 42.6 Å². The molecule has 0 radical (unpaired) electrons. The zero-order valence-electron chi connectivity index (χ0n) is 16.4. The number of rotatable bonds is 5. The van der Waals surface area contributed by atoms with Crippen LogP contribution in [0.2, 0.25) is 0 Å². The van der Waals surface area contributed by atoms with Gasteiger partial charge in [0.1, 0.15) is 11.5 Å². The summed E-state index contributed by atoms with van der Waals surface area (Å²) in [6.45, 7) is 1.07. The van der Waals surface area contributed by atoms with Crippen LogP contribution < -0.4 is 5.32 Å². The van der Waals surface area contributed by atoms with Crippen LogP contribution in [0.15, 0.2) is 42.6 Å². The van der Waals surface area contributed by atoms with Crippen molar-refractivity contribution in [2.75, 3.05) is 18.4 Å². The third-order valence-electron chi connectivity index (χ3n) is 5.77. The number of hydrogen-bond donors (Lipinski definition) is 2. The van der Waals surface area contributed by atoms with Crippen molar-refractivity contribution in [2.24, 2.45) is 11.8 Å². The number of anilines is 1. The van der Waals surface area contributed by atoms with Crippen LogP contribution in [-0.2, 0) is 16.0 Å². The highest BCUT2D eigenvalue weighted by Gasteiger charge is 2.31. The van der Waals surface area contributed by atoms with Gasteiger partial charge in [0, 0.05) is 30.6 Å². The fourth-order valence-electron chi connectivity index (χ4n) is 3.77. The van der Waals surface area contributed by atoms with Crippen LogP contribution in [0.25, 0.3) is 22.2 Å². The molecule has 2 aromatic heterocycles. The molecule has 5 rings (SSSR count). The van der Waals surface area contributed by atoms with Gasteiger partial charge in [-0.2, -0.15) is 5.26 Å². The van der Waals surface area contributed by atoms with Gasteiger partial charge in [0.2, 0.25) is 11.8 Å². The number of fused-ring (bicyclic) bond motifs is 1. The molecule has 3 heterocycles. The number of amides is 2. The highest BCUT2D eigenvalue weighted by atomic mass is 16.2. The molecule has 0 spiro atoms. The van der Waals surface area contributed by atoms with E-state index in [1.54, 1.807) is 4.90 Å². The Kier molecular flexibility index (Phi) is 4.47. The van der Waals surface area contributed by atoms with Crippen LogP contribution in [0.1, 0.15) is 18.4 Å². The molecule has 2 fully saturated rings. The maximum atomic E-state index is 12.3. The summed E-state index contributed by atoms with van der Waals surface area (Å²) in [5.41, 5.74) is 3.63. The van der Waals surface area contributed by atoms with E-state index in [-0.39, 0.29) is 23.7 Å². The number of H-pyrrole nitrogens is 1. The van der Waals surface area contributed by atoms with Crippen LogP contribution in [0, 0.1) is 23.2 Å². The zero-order valence-corrected chi connectivity index (χ0v) is 16.4. The summed E-state index contributed by atoms with van der Waals surface area (Å²) in [5.74, 6) is 0.706. The number of aromatic amines is 1. The summed E-state index contributed by atoms with van der Waals surface area (Å²) in [7, 11) is 0. The van der Waals surface area contributed by atoms with Crippen LogP contribution in [-0.4, -0.2) is 39.8 Å². The van der Waals surface area contributed by atoms with Crippen LogP contribution >= 0.6 is 0 Å². The summed E-state index contributed by atoms with van der Waals surface area (Å²) in [4.78, 5) is 33.8. The van der Waals surface area contributed by atoms with E-state index in [0.717, 1.165) is 40.6 Å². The van der Waals surface area contributed by atoms with E-state index in [2.05, 4.69) is 21.4 Å².